The van der Waals surface area contributed by atoms with Crippen molar-refractivity contribution >= 4 is 17.3 Å². The van der Waals surface area contributed by atoms with Gasteiger partial charge < -0.3 is 0 Å². The highest BCUT2D eigenvalue weighted by Gasteiger charge is 2.31. The average Bonchev–Trinajstić information content (AvgIpc) is 3.15. The maximum absolute atomic E-state index is 13.3. The van der Waals surface area contributed by atoms with Crippen molar-refractivity contribution in [3.05, 3.63) is 52.0 Å². The number of halogens is 2. The Kier molecular flexibility index (Phi) is 3.17. The molecule has 0 aliphatic heterocycles. The molecule has 20 heavy (non-hydrogen) atoms. The van der Waals surface area contributed by atoms with E-state index in [1.807, 2.05) is 0 Å². The Bertz CT molecular complexity index is 656. The zero-order valence-electron chi connectivity index (χ0n) is 10.9. The molecule has 1 aliphatic rings. The minimum atomic E-state index is -2.94. The van der Waals surface area contributed by atoms with E-state index in [1.54, 1.807) is 12.3 Å². The largest absolute Gasteiger partial charge is 0.289 e. The molecule has 0 atom stereocenters. The molecular formula is C15H13F2NOS. The van der Waals surface area contributed by atoms with Crippen molar-refractivity contribution in [2.24, 2.45) is 0 Å². The van der Waals surface area contributed by atoms with Crippen molar-refractivity contribution in [3.8, 4) is 0 Å². The molecule has 0 radical (unpaired) electrons. The first kappa shape index (κ1) is 13.4. The average molecular weight is 293 g/mol. The summed E-state index contributed by atoms with van der Waals surface area (Å²) in [7, 11) is 0. The Balaban J connectivity index is 1.96. The number of rotatable bonds is 4. The van der Waals surface area contributed by atoms with E-state index in [1.165, 1.54) is 29.7 Å². The van der Waals surface area contributed by atoms with Gasteiger partial charge >= 0.3 is 0 Å². The summed E-state index contributed by atoms with van der Waals surface area (Å²) in [5, 5.41) is 0. The number of alkyl halides is 2. The molecule has 0 N–H and O–H groups in total. The fourth-order valence-corrected chi connectivity index (χ4v) is 3.05. The summed E-state index contributed by atoms with van der Waals surface area (Å²) in [4.78, 5) is 13.5. The molecule has 1 heterocycles. The van der Waals surface area contributed by atoms with Gasteiger partial charge in [-0.05, 0) is 36.4 Å². The van der Waals surface area contributed by atoms with E-state index in [2.05, 4.69) is 4.37 Å². The fraction of sp³-hybridized carbons (Fsp3) is 0.333. The van der Waals surface area contributed by atoms with Gasteiger partial charge in [-0.15, -0.1) is 0 Å². The molecule has 0 bridgehead atoms. The van der Waals surface area contributed by atoms with Gasteiger partial charge in [-0.2, -0.15) is 0 Å². The summed E-state index contributed by atoms with van der Waals surface area (Å²) in [6.07, 6.45) is 3.71. The summed E-state index contributed by atoms with van der Waals surface area (Å²) in [5.74, 6) is -2.73. The van der Waals surface area contributed by atoms with Gasteiger partial charge in [0, 0.05) is 22.9 Å². The molecular weight excluding hydrogens is 280 g/mol. The molecule has 1 aromatic heterocycles. The minimum absolute atomic E-state index is 0.139. The third-order valence-electron chi connectivity index (χ3n) is 3.42. The highest BCUT2D eigenvalue weighted by Crippen LogP contribution is 2.44. The van der Waals surface area contributed by atoms with Crippen molar-refractivity contribution in [2.45, 2.75) is 31.6 Å². The van der Waals surface area contributed by atoms with Gasteiger partial charge in [0.15, 0.2) is 5.78 Å². The summed E-state index contributed by atoms with van der Waals surface area (Å²) in [5.41, 5.74) is 0.722. The molecule has 1 fully saturated rings. The first-order valence-electron chi connectivity index (χ1n) is 6.44. The second-order valence-electron chi connectivity index (χ2n) is 5.18. The van der Waals surface area contributed by atoms with E-state index < -0.39 is 5.92 Å². The van der Waals surface area contributed by atoms with Gasteiger partial charge in [0.1, 0.15) is 0 Å². The standard InChI is InChI=1S/C15H13F2NOS/c1-15(16,17)11-4-2-3-10(7-11)13(19)12-8-18-20-14(12)9-5-6-9/h2-4,7-9H,5-6H2,1H3. The van der Waals surface area contributed by atoms with E-state index in [4.69, 9.17) is 0 Å². The summed E-state index contributed by atoms with van der Waals surface area (Å²) >= 11 is 1.33. The van der Waals surface area contributed by atoms with Crippen LogP contribution in [0.3, 0.4) is 0 Å². The maximum Gasteiger partial charge on any atom is 0.270 e. The SMILES string of the molecule is CC(F)(F)c1cccc(C(=O)c2cnsc2C2CC2)c1. The Labute approximate surface area is 119 Å². The van der Waals surface area contributed by atoms with Crippen molar-refractivity contribution in [2.75, 3.05) is 0 Å². The number of hydrogen-bond donors (Lipinski definition) is 0. The highest BCUT2D eigenvalue weighted by molar-refractivity contribution is 7.06. The molecule has 1 aromatic carbocycles. The Morgan fingerprint density at radius 3 is 2.80 bits per heavy atom. The van der Waals surface area contributed by atoms with Crippen molar-refractivity contribution in [1.29, 1.82) is 0 Å². The smallest absolute Gasteiger partial charge is 0.270 e. The summed E-state index contributed by atoms with van der Waals surface area (Å²) in [6.45, 7) is 0.832. The molecule has 5 heteroatoms. The number of ketones is 1. The van der Waals surface area contributed by atoms with E-state index in [-0.39, 0.29) is 11.3 Å². The van der Waals surface area contributed by atoms with Crippen molar-refractivity contribution in [3.63, 3.8) is 0 Å². The lowest BCUT2D eigenvalue weighted by Gasteiger charge is -2.11. The molecule has 0 saturated heterocycles. The quantitative estimate of drug-likeness (QED) is 0.784. The topological polar surface area (TPSA) is 30.0 Å². The van der Waals surface area contributed by atoms with Crippen LogP contribution < -0.4 is 0 Å². The number of carbonyl (C=O) groups is 1. The summed E-state index contributed by atoms with van der Waals surface area (Å²) in [6, 6.07) is 5.68. The zero-order valence-corrected chi connectivity index (χ0v) is 11.7. The minimum Gasteiger partial charge on any atom is -0.289 e. The first-order chi connectivity index (χ1) is 9.47. The van der Waals surface area contributed by atoms with Crippen LogP contribution in [0.15, 0.2) is 30.5 Å². The van der Waals surface area contributed by atoms with Gasteiger partial charge in [-0.3, -0.25) is 4.79 Å². The fourth-order valence-electron chi connectivity index (χ4n) is 2.15. The van der Waals surface area contributed by atoms with Crippen molar-refractivity contribution in [1.82, 2.24) is 4.37 Å². The van der Waals surface area contributed by atoms with Crippen LogP contribution in [0.1, 0.15) is 52.0 Å². The van der Waals surface area contributed by atoms with Crippen LogP contribution in [-0.2, 0) is 5.92 Å². The Morgan fingerprint density at radius 1 is 1.40 bits per heavy atom. The molecule has 3 rings (SSSR count). The molecule has 2 aromatic rings. The lowest BCUT2D eigenvalue weighted by atomic mass is 9.99. The van der Waals surface area contributed by atoms with Crippen LogP contribution in [0.2, 0.25) is 0 Å². The van der Waals surface area contributed by atoms with Crippen LogP contribution in [0.4, 0.5) is 8.78 Å². The van der Waals surface area contributed by atoms with Crippen LogP contribution in [0.25, 0.3) is 0 Å². The highest BCUT2D eigenvalue weighted by atomic mass is 32.1. The third-order valence-corrected chi connectivity index (χ3v) is 4.38. The molecule has 1 aliphatic carbocycles. The second-order valence-corrected chi connectivity index (χ2v) is 6.01. The van der Waals surface area contributed by atoms with E-state index in [0.29, 0.717) is 17.0 Å². The normalized spacial score (nSPS) is 15.3. The lowest BCUT2D eigenvalue weighted by Crippen LogP contribution is -2.09. The molecule has 0 unspecified atom stereocenters. The van der Waals surface area contributed by atoms with Gasteiger partial charge in [0.2, 0.25) is 0 Å². The zero-order chi connectivity index (χ0) is 14.3. The molecule has 104 valence electrons. The molecule has 0 amide bonds. The number of benzene rings is 1. The van der Waals surface area contributed by atoms with Gasteiger partial charge in [0.25, 0.3) is 5.92 Å². The van der Waals surface area contributed by atoms with Crippen LogP contribution in [-0.4, -0.2) is 10.2 Å². The van der Waals surface area contributed by atoms with E-state index in [9.17, 15) is 13.6 Å². The summed E-state index contributed by atoms with van der Waals surface area (Å²) < 4.78 is 30.7. The number of carbonyl (C=O) groups excluding carboxylic acids is 1. The number of nitrogens with zero attached hydrogens (tertiary/aromatic N) is 1. The Morgan fingerprint density at radius 2 is 2.15 bits per heavy atom. The van der Waals surface area contributed by atoms with Crippen LogP contribution >= 0.6 is 11.5 Å². The molecule has 0 spiro atoms. The first-order valence-corrected chi connectivity index (χ1v) is 7.22. The monoisotopic (exact) mass is 293 g/mol. The molecule has 2 nitrogen and oxygen atoms in total. The van der Waals surface area contributed by atoms with Gasteiger partial charge in [-0.25, -0.2) is 13.2 Å². The third kappa shape index (κ3) is 2.50. The van der Waals surface area contributed by atoms with Crippen molar-refractivity contribution < 1.29 is 13.6 Å². The van der Waals surface area contributed by atoms with Gasteiger partial charge in [0.05, 0.1) is 11.8 Å². The van der Waals surface area contributed by atoms with Crippen LogP contribution in [0.5, 0.6) is 0 Å². The predicted molar refractivity (Wildman–Crippen MR) is 73.5 cm³/mol. The molecule has 1 saturated carbocycles. The van der Waals surface area contributed by atoms with E-state index in [0.717, 1.165) is 24.6 Å². The second kappa shape index (κ2) is 4.74. The number of hydrogen-bond acceptors (Lipinski definition) is 3. The van der Waals surface area contributed by atoms with E-state index >= 15 is 0 Å². The predicted octanol–water partition coefficient (Wildman–Crippen LogP) is 4.36. The van der Waals surface area contributed by atoms with Gasteiger partial charge in [-0.1, -0.05) is 18.2 Å². The number of aromatic nitrogens is 1. The van der Waals surface area contributed by atoms with Crippen LogP contribution in [0, 0.1) is 0 Å². The lowest BCUT2D eigenvalue weighted by molar-refractivity contribution is 0.0174. The Hall–Kier alpha value is -1.62. The maximum atomic E-state index is 13.3.